The summed E-state index contributed by atoms with van der Waals surface area (Å²) in [6.45, 7) is 3.25. The highest BCUT2D eigenvalue weighted by molar-refractivity contribution is 7.14. The number of hydrogen-bond donors (Lipinski definition) is 0. The number of fused-ring (bicyclic) bond motifs is 2. The monoisotopic (exact) mass is 381 g/mol. The normalized spacial score (nSPS) is 15.0. The summed E-state index contributed by atoms with van der Waals surface area (Å²) in [5.74, 6) is -0.284. The Balaban J connectivity index is 1.96. The number of carbonyl (C=O) groups is 1. The van der Waals surface area contributed by atoms with Crippen molar-refractivity contribution in [3.63, 3.8) is 0 Å². The van der Waals surface area contributed by atoms with Crippen LogP contribution >= 0.6 is 11.3 Å². The lowest BCUT2D eigenvalue weighted by atomic mass is 9.98. The number of nitrogens with zero attached hydrogens (tertiary/aromatic N) is 1. The summed E-state index contributed by atoms with van der Waals surface area (Å²) in [4.78, 5) is 16.3. The molecular weight excluding hydrogens is 354 g/mol. The highest BCUT2D eigenvalue weighted by atomic mass is 32.1. The van der Waals surface area contributed by atoms with Gasteiger partial charge in [0.2, 0.25) is 0 Å². The van der Waals surface area contributed by atoms with E-state index < -0.39 is 0 Å². The van der Waals surface area contributed by atoms with Gasteiger partial charge in [0.15, 0.2) is 0 Å². The third kappa shape index (κ3) is 4.96. The van der Waals surface area contributed by atoms with Gasteiger partial charge in [0.1, 0.15) is 0 Å². The van der Waals surface area contributed by atoms with Gasteiger partial charge >= 0.3 is 5.97 Å². The molecule has 0 aliphatic heterocycles. The Morgan fingerprint density at radius 3 is 2.78 bits per heavy atom. The molecule has 1 aromatic heterocycles. The molecule has 0 fully saturated rings. The van der Waals surface area contributed by atoms with Gasteiger partial charge in [-0.05, 0) is 74.7 Å². The van der Waals surface area contributed by atoms with Gasteiger partial charge in [-0.2, -0.15) is 0 Å². The SMILES string of the molecule is CCOC(=O)/C=C/c1cc2c(s1)/C(=C\CCN(C)C)c1ccccc1CC2. The van der Waals surface area contributed by atoms with Crippen molar-refractivity contribution >= 4 is 29.0 Å². The van der Waals surface area contributed by atoms with E-state index in [-0.39, 0.29) is 5.97 Å². The Morgan fingerprint density at radius 1 is 1.22 bits per heavy atom. The highest BCUT2D eigenvalue weighted by Gasteiger charge is 2.20. The molecule has 1 aromatic carbocycles. The molecule has 4 heteroatoms. The molecule has 27 heavy (non-hydrogen) atoms. The largest absolute Gasteiger partial charge is 0.463 e. The molecule has 142 valence electrons. The van der Waals surface area contributed by atoms with Crippen LogP contribution in [0.4, 0.5) is 0 Å². The van der Waals surface area contributed by atoms with Crippen LogP contribution in [-0.4, -0.2) is 38.1 Å². The van der Waals surface area contributed by atoms with Crippen molar-refractivity contribution in [1.29, 1.82) is 0 Å². The lowest BCUT2D eigenvalue weighted by molar-refractivity contribution is -0.137. The predicted molar refractivity (Wildman–Crippen MR) is 114 cm³/mol. The van der Waals surface area contributed by atoms with Crippen LogP contribution in [0.1, 0.15) is 39.8 Å². The molecule has 1 heterocycles. The minimum atomic E-state index is -0.284. The summed E-state index contributed by atoms with van der Waals surface area (Å²) in [6, 6.07) is 11.0. The number of thiophene rings is 1. The maximum atomic E-state index is 11.6. The van der Waals surface area contributed by atoms with Gasteiger partial charge in [-0.3, -0.25) is 0 Å². The Bertz CT molecular complexity index is 861. The van der Waals surface area contributed by atoms with Crippen LogP contribution in [0.2, 0.25) is 0 Å². The van der Waals surface area contributed by atoms with Crippen LogP contribution in [0.15, 0.2) is 42.5 Å². The van der Waals surface area contributed by atoms with Gasteiger partial charge in [0.25, 0.3) is 0 Å². The average Bonchev–Trinajstić information content (AvgIpc) is 2.99. The molecule has 1 aliphatic carbocycles. The van der Waals surface area contributed by atoms with E-state index in [1.807, 2.05) is 13.0 Å². The van der Waals surface area contributed by atoms with Crippen molar-refractivity contribution in [3.8, 4) is 0 Å². The molecule has 0 radical (unpaired) electrons. The first-order valence-electron chi connectivity index (χ1n) is 9.49. The van der Waals surface area contributed by atoms with Crippen LogP contribution in [-0.2, 0) is 22.4 Å². The second kappa shape index (κ2) is 9.16. The molecule has 0 N–H and O–H groups in total. The van der Waals surface area contributed by atoms with E-state index in [9.17, 15) is 4.79 Å². The van der Waals surface area contributed by atoms with E-state index in [1.165, 1.54) is 33.2 Å². The molecule has 2 aromatic rings. The number of esters is 1. The highest BCUT2D eigenvalue weighted by Crippen LogP contribution is 2.39. The molecular formula is C23H27NO2S. The number of hydrogen-bond acceptors (Lipinski definition) is 4. The van der Waals surface area contributed by atoms with Crippen LogP contribution in [0.5, 0.6) is 0 Å². The molecule has 0 unspecified atom stereocenters. The maximum absolute atomic E-state index is 11.6. The number of rotatable bonds is 6. The second-order valence-electron chi connectivity index (χ2n) is 6.96. The number of aryl methyl sites for hydroxylation is 2. The number of carbonyl (C=O) groups excluding carboxylic acids is 1. The van der Waals surface area contributed by atoms with Crippen molar-refractivity contribution in [1.82, 2.24) is 4.90 Å². The third-order valence-electron chi connectivity index (χ3n) is 4.64. The molecule has 0 spiro atoms. The predicted octanol–water partition coefficient (Wildman–Crippen LogP) is 4.81. The van der Waals surface area contributed by atoms with Crippen LogP contribution in [0.25, 0.3) is 11.6 Å². The third-order valence-corrected chi connectivity index (χ3v) is 5.81. The van der Waals surface area contributed by atoms with Crippen molar-refractivity contribution in [2.45, 2.75) is 26.2 Å². The summed E-state index contributed by atoms with van der Waals surface area (Å²) >= 11 is 1.76. The molecule has 0 atom stereocenters. The molecule has 0 saturated carbocycles. The van der Waals surface area contributed by atoms with Crippen LogP contribution < -0.4 is 0 Å². The van der Waals surface area contributed by atoms with Gasteiger partial charge in [-0.15, -0.1) is 11.3 Å². The Kier molecular flexibility index (Phi) is 6.64. The number of benzene rings is 1. The minimum Gasteiger partial charge on any atom is -0.463 e. The lowest BCUT2D eigenvalue weighted by Crippen LogP contribution is -2.12. The fourth-order valence-electron chi connectivity index (χ4n) is 3.35. The zero-order valence-electron chi connectivity index (χ0n) is 16.3. The molecule has 0 saturated heterocycles. The Morgan fingerprint density at radius 2 is 2.00 bits per heavy atom. The van der Waals surface area contributed by atoms with E-state index in [1.54, 1.807) is 11.3 Å². The lowest BCUT2D eigenvalue weighted by Gasteiger charge is -2.11. The van der Waals surface area contributed by atoms with Gasteiger partial charge in [0, 0.05) is 22.4 Å². The average molecular weight is 382 g/mol. The Labute approximate surface area is 166 Å². The zero-order valence-corrected chi connectivity index (χ0v) is 17.1. The molecule has 3 nitrogen and oxygen atoms in total. The smallest absolute Gasteiger partial charge is 0.330 e. The zero-order chi connectivity index (χ0) is 19.2. The van der Waals surface area contributed by atoms with Gasteiger partial charge < -0.3 is 9.64 Å². The van der Waals surface area contributed by atoms with E-state index in [0.717, 1.165) is 30.7 Å². The second-order valence-corrected chi connectivity index (χ2v) is 8.04. The molecule has 0 amide bonds. The summed E-state index contributed by atoms with van der Waals surface area (Å²) < 4.78 is 4.99. The fourth-order valence-corrected chi connectivity index (χ4v) is 4.52. The summed E-state index contributed by atoms with van der Waals surface area (Å²) in [7, 11) is 4.21. The first kappa shape index (κ1) is 19.6. The van der Waals surface area contributed by atoms with Crippen LogP contribution in [0.3, 0.4) is 0 Å². The first-order chi connectivity index (χ1) is 13.1. The summed E-state index contributed by atoms with van der Waals surface area (Å²) in [5.41, 5.74) is 5.47. The van der Waals surface area contributed by atoms with Gasteiger partial charge in [0.05, 0.1) is 6.61 Å². The fraction of sp³-hybridized carbons (Fsp3) is 0.348. The molecule has 3 rings (SSSR count). The summed E-state index contributed by atoms with van der Waals surface area (Å²) in [6.07, 6.45) is 8.87. The van der Waals surface area contributed by atoms with E-state index in [2.05, 4.69) is 55.4 Å². The number of ether oxygens (including phenoxy) is 1. The maximum Gasteiger partial charge on any atom is 0.330 e. The quantitative estimate of drug-likeness (QED) is 0.531. The van der Waals surface area contributed by atoms with Crippen molar-refractivity contribution in [2.24, 2.45) is 0 Å². The van der Waals surface area contributed by atoms with Gasteiger partial charge in [-0.1, -0.05) is 30.3 Å². The van der Waals surface area contributed by atoms with Crippen LogP contribution in [0, 0.1) is 0 Å². The van der Waals surface area contributed by atoms with Crippen molar-refractivity contribution in [2.75, 3.05) is 27.2 Å². The summed E-state index contributed by atoms with van der Waals surface area (Å²) in [5, 5.41) is 0. The Hall–Kier alpha value is -2.17. The topological polar surface area (TPSA) is 29.5 Å². The van der Waals surface area contributed by atoms with E-state index in [4.69, 9.17) is 4.74 Å². The van der Waals surface area contributed by atoms with Crippen molar-refractivity contribution < 1.29 is 9.53 Å². The first-order valence-corrected chi connectivity index (χ1v) is 10.3. The van der Waals surface area contributed by atoms with Crippen molar-refractivity contribution in [3.05, 3.63) is 68.9 Å². The standard InChI is InChI=1S/C23H27NO2S/c1-4-26-22(25)14-13-19-16-18-12-11-17-8-5-6-9-20(17)21(23(18)27-19)10-7-15-24(2)3/h5-6,8-10,13-14,16H,4,7,11-12,15H2,1-3H3/b14-13+,21-10-. The minimum absolute atomic E-state index is 0.284. The molecule has 1 aliphatic rings. The molecule has 0 bridgehead atoms. The van der Waals surface area contributed by atoms with Gasteiger partial charge in [-0.25, -0.2) is 4.79 Å². The van der Waals surface area contributed by atoms with E-state index >= 15 is 0 Å². The van der Waals surface area contributed by atoms with E-state index in [0.29, 0.717) is 6.61 Å².